The molecule has 0 unspecified atom stereocenters. The Morgan fingerprint density at radius 2 is 1.63 bits per heavy atom. The first kappa shape index (κ1) is 18.4. The van der Waals surface area contributed by atoms with Crippen LogP contribution in [0.1, 0.15) is 15.9 Å². The third-order valence-corrected chi connectivity index (χ3v) is 3.94. The van der Waals surface area contributed by atoms with Gasteiger partial charge in [-0.15, -0.1) is 0 Å². The van der Waals surface area contributed by atoms with Crippen LogP contribution >= 0.6 is 0 Å². The number of para-hydroxylation sites is 1. The zero-order valence-corrected chi connectivity index (χ0v) is 14.4. The minimum atomic E-state index is -4.37. The molecule has 0 aliphatic carbocycles. The van der Waals surface area contributed by atoms with Crippen molar-refractivity contribution in [2.24, 2.45) is 0 Å². The third-order valence-electron chi connectivity index (χ3n) is 3.94. The number of carbonyl (C=O) groups is 1. The van der Waals surface area contributed by atoms with Crippen LogP contribution in [0, 0.1) is 0 Å². The van der Waals surface area contributed by atoms with Gasteiger partial charge in [0.05, 0.1) is 11.1 Å². The summed E-state index contributed by atoms with van der Waals surface area (Å²) in [5.41, 5.74) is 0.913. The summed E-state index contributed by atoms with van der Waals surface area (Å²) in [5, 5.41) is 2.91. The average molecular weight is 371 g/mol. The molecular formula is C20H16F3N3O. The second-order valence-electron chi connectivity index (χ2n) is 5.83. The van der Waals surface area contributed by atoms with Crippen LogP contribution in [0.15, 0.2) is 72.9 Å². The van der Waals surface area contributed by atoms with Crippen LogP contribution in [0.25, 0.3) is 0 Å². The number of benzene rings is 2. The molecule has 4 nitrogen and oxygen atoms in total. The highest BCUT2D eigenvalue weighted by Crippen LogP contribution is 2.30. The Balaban J connectivity index is 1.69. The predicted molar refractivity (Wildman–Crippen MR) is 98.1 cm³/mol. The van der Waals surface area contributed by atoms with Crippen molar-refractivity contribution >= 4 is 23.1 Å². The van der Waals surface area contributed by atoms with Crippen molar-refractivity contribution in [2.75, 3.05) is 17.3 Å². The maximum atomic E-state index is 12.6. The van der Waals surface area contributed by atoms with E-state index in [0.717, 1.165) is 17.8 Å². The lowest BCUT2D eigenvalue weighted by molar-refractivity contribution is -0.137. The SMILES string of the molecule is CN(C(=O)c1ccc(Nc2ccc(C(F)(F)F)cc2)nc1)c1ccccc1. The Bertz CT molecular complexity index is 908. The first-order chi connectivity index (χ1) is 12.8. The first-order valence-corrected chi connectivity index (χ1v) is 8.08. The van der Waals surface area contributed by atoms with E-state index in [9.17, 15) is 18.0 Å². The topological polar surface area (TPSA) is 45.2 Å². The molecule has 0 bridgehead atoms. The number of halogens is 3. The zero-order chi connectivity index (χ0) is 19.4. The van der Waals surface area contributed by atoms with Gasteiger partial charge in [0, 0.05) is 24.6 Å². The summed E-state index contributed by atoms with van der Waals surface area (Å²) >= 11 is 0. The van der Waals surface area contributed by atoms with Crippen molar-refractivity contribution in [3.05, 3.63) is 84.1 Å². The molecule has 3 aromatic rings. The average Bonchev–Trinajstić information content (AvgIpc) is 2.68. The zero-order valence-electron chi connectivity index (χ0n) is 14.4. The van der Waals surface area contributed by atoms with Gasteiger partial charge < -0.3 is 10.2 Å². The monoisotopic (exact) mass is 371 g/mol. The molecule has 0 fully saturated rings. The fraction of sp³-hybridized carbons (Fsp3) is 0.100. The molecule has 1 N–H and O–H groups in total. The highest BCUT2D eigenvalue weighted by Gasteiger charge is 2.29. The third kappa shape index (κ3) is 4.44. The smallest absolute Gasteiger partial charge is 0.340 e. The van der Waals surface area contributed by atoms with Crippen molar-refractivity contribution in [2.45, 2.75) is 6.18 Å². The fourth-order valence-corrected chi connectivity index (χ4v) is 2.45. The van der Waals surface area contributed by atoms with Crippen molar-refractivity contribution in [3.8, 4) is 0 Å². The van der Waals surface area contributed by atoms with Crippen LogP contribution in [-0.4, -0.2) is 17.9 Å². The molecule has 0 radical (unpaired) electrons. The number of alkyl halides is 3. The summed E-state index contributed by atoms with van der Waals surface area (Å²) in [4.78, 5) is 18.2. The second-order valence-corrected chi connectivity index (χ2v) is 5.83. The number of amides is 1. The molecule has 3 rings (SSSR count). The normalized spacial score (nSPS) is 11.1. The predicted octanol–water partition coefficient (Wildman–Crippen LogP) is 5.12. The molecule has 0 saturated carbocycles. The van der Waals surface area contributed by atoms with E-state index in [1.807, 2.05) is 30.3 Å². The molecule has 0 spiro atoms. The summed E-state index contributed by atoms with van der Waals surface area (Å²) in [6, 6.07) is 17.1. The summed E-state index contributed by atoms with van der Waals surface area (Å²) in [7, 11) is 1.67. The molecule has 2 aromatic carbocycles. The van der Waals surface area contributed by atoms with Gasteiger partial charge in [0.1, 0.15) is 5.82 Å². The maximum absolute atomic E-state index is 12.6. The van der Waals surface area contributed by atoms with Crippen molar-refractivity contribution in [3.63, 3.8) is 0 Å². The van der Waals surface area contributed by atoms with E-state index >= 15 is 0 Å². The van der Waals surface area contributed by atoms with Gasteiger partial charge in [-0.1, -0.05) is 18.2 Å². The lowest BCUT2D eigenvalue weighted by Gasteiger charge is -2.17. The number of pyridine rings is 1. The van der Waals surface area contributed by atoms with Crippen LogP contribution in [0.5, 0.6) is 0 Å². The first-order valence-electron chi connectivity index (χ1n) is 8.08. The van der Waals surface area contributed by atoms with E-state index in [0.29, 0.717) is 17.1 Å². The molecule has 1 amide bonds. The minimum Gasteiger partial charge on any atom is -0.340 e. The number of anilines is 3. The van der Waals surface area contributed by atoms with Crippen LogP contribution in [0.4, 0.5) is 30.4 Å². The molecule has 0 aliphatic heterocycles. The van der Waals surface area contributed by atoms with E-state index in [-0.39, 0.29) is 5.91 Å². The van der Waals surface area contributed by atoms with Gasteiger partial charge in [-0.25, -0.2) is 4.98 Å². The number of rotatable bonds is 4. The van der Waals surface area contributed by atoms with Gasteiger partial charge in [0.25, 0.3) is 5.91 Å². The van der Waals surface area contributed by atoms with Gasteiger partial charge in [0.2, 0.25) is 0 Å². The van der Waals surface area contributed by atoms with Gasteiger partial charge in [-0.2, -0.15) is 13.2 Å². The van der Waals surface area contributed by atoms with Crippen molar-refractivity contribution < 1.29 is 18.0 Å². The Hall–Kier alpha value is -3.35. The van der Waals surface area contributed by atoms with Crippen molar-refractivity contribution in [1.29, 1.82) is 0 Å². The van der Waals surface area contributed by atoms with E-state index in [2.05, 4.69) is 10.3 Å². The molecular weight excluding hydrogens is 355 g/mol. The Morgan fingerprint density at radius 3 is 2.19 bits per heavy atom. The Morgan fingerprint density at radius 1 is 0.963 bits per heavy atom. The van der Waals surface area contributed by atoms with Crippen LogP contribution in [0.2, 0.25) is 0 Å². The quantitative estimate of drug-likeness (QED) is 0.692. The molecule has 1 aromatic heterocycles. The summed E-state index contributed by atoms with van der Waals surface area (Å²) in [6.45, 7) is 0. The summed E-state index contributed by atoms with van der Waals surface area (Å²) < 4.78 is 37.8. The summed E-state index contributed by atoms with van der Waals surface area (Å²) in [5.74, 6) is 0.212. The van der Waals surface area contributed by atoms with Gasteiger partial charge in [-0.3, -0.25) is 4.79 Å². The van der Waals surface area contributed by atoms with Gasteiger partial charge in [-0.05, 0) is 48.5 Å². The molecule has 1 heterocycles. The molecule has 138 valence electrons. The number of aromatic nitrogens is 1. The minimum absolute atomic E-state index is 0.213. The molecule has 0 saturated heterocycles. The summed E-state index contributed by atoms with van der Waals surface area (Å²) in [6.07, 6.45) is -2.95. The lowest BCUT2D eigenvalue weighted by atomic mass is 10.2. The lowest BCUT2D eigenvalue weighted by Crippen LogP contribution is -2.26. The maximum Gasteiger partial charge on any atom is 0.416 e. The molecule has 0 atom stereocenters. The number of hydrogen-bond acceptors (Lipinski definition) is 3. The van der Waals surface area contributed by atoms with Crippen LogP contribution in [-0.2, 0) is 6.18 Å². The highest BCUT2D eigenvalue weighted by atomic mass is 19.4. The van der Waals surface area contributed by atoms with Gasteiger partial charge >= 0.3 is 6.18 Å². The standard InChI is InChI=1S/C20H16F3N3O/c1-26(17-5-3-2-4-6-17)19(27)14-7-12-18(24-13-14)25-16-10-8-15(9-11-16)20(21,22)23/h2-13H,1H3,(H,24,25). The van der Waals surface area contributed by atoms with Gasteiger partial charge in [0.15, 0.2) is 0 Å². The van der Waals surface area contributed by atoms with Crippen LogP contribution < -0.4 is 10.2 Å². The molecule has 0 aliphatic rings. The number of hydrogen-bond donors (Lipinski definition) is 1. The van der Waals surface area contributed by atoms with E-state index in [1.165, 1.54) is 23.2 Å². The Labute approximate surface area is 154 Å². The number of carbonyl (C=O) groups excluding carboxylic acids is 1. The van der Waals surface area contributed by atoms with Crippen LogP contribution in [0.3, 0.4) is 0 Å². The molecule has 27 heavy (non-hydrogen) atoms. The van der Waals surface area contributed by atoms with E-state index < -0.39 is 11.7 Å². The highest BCUT2D eigenvalue weighted by molar-refractivity contribution is 6.05. The fourth-order valence-electron chi connectivity index (χ4n) is 2.45. The van der Waals surface area contributed by atoms with E-state index in [1.54, 1.807) is 19.2 Å². The number of nitrogens with zero attached hydrogens (tertiary/aromatic N) is 2. The van der Waals surface area contributed by atoms with Crippen molar-refractivity contribution in [1.82, 2.24) is 4.98 Å². The van der Waals surface area contributed by atoms with E-state index in [4.69, 9.17) is 0 Å². The largest absolute Gasteiger partial charge is 0.416 e. The second kappa shape index (κ2) is 7.49. The molecule has 7 heteroatoms. The Kier molecular flexibility index (Phi) is 5.12. The number of nitrogens with one attached hydrogen (secondary N) is 1.